The van der Waals surface area contributed by atoms with Crippen LogP contribution in [0.3, 0.4) is 0 Å². The van der Waals surface area contributed by atoms with Crippen molar-refractivity contribution < 1.29 is 0 Å². The molecule has 0 spiro atoms. The van der Waals surface area contributed by atoms with Crippen LogP contribution in [0.15, 0.2) is 0 Å². The number of nitrogens with zero attached hydrogens (tertiary/aromatic N) is 1. The molecule has 50 valence electrons. The molecule has 1 unspecified atom stereocenters. The monoisotopic (exact) mass is 133 g/mol. The molecule has 0 aliphatic heterocycles. The summed E-state index contributed by atoms with van der Waals surface area (Å²) in [6.07, 6.45) is 1.18. The van der Waals surface area contributed by atoms with E-state index in [1.54, 1.807) is 0 Å². The van der Waals surface area contributed by atoms with Gasteiger partial charge in [-0.2, -0.15) is 0 Å². The van der Waals surface area contributed by atoms with Gasteiger partial charge in [0.15, 0.2) is 0 Å². The van der Waals surface area contributed by atoms with Crippen LogP contribution in [0, 0.1) is 0 Å². The maximum atomic E-state index is 4.24. The molecule has 0 amide bonds. The van der Waals surface area contributed by atoms with Crippen LogP contribution in [0.5, 0.6) is 0 Å². The number of thiol groups is 1. The summed E-state index contributed by atoms with van der Waals surface area (Å²) in [4.78, 5) is 0. The summed E-state index contributed by atoms with van der Waals surface area (Å²) in [7, 11) is 0. The highest BCUT2D eigenvalue weighted by Gasteiger charge is 2.02. The van der Waals surface area contributed by atoms with E-state index in [1.165, 1.54) is 6.42 Å². The molecule has 1 nitrogen and oxygen atoms in total. The minimum atomic E-state index is 0.614. The number of hydrogen-bond acceptors (Lipinski definition) is 2. The van der Waals surface area contributed by atoms with Crippen LogP contribution in [0.25, 0.3) is 0 Å². The predicted molar refractivity (Wildman–Crippen MR) is 41.1 cm³/mol. The van der Waals surface area contributed by atoms with Gasteiger partial charge in [0.1, 0.15) is 0 Å². The molecule has 0 rings (SSSR count). The summed E-state index contributed by atoms with van der Waals surface area (Å²) in [6, 6.07) is 0.614. The lowest BCUT2D eigenvalue weighted by molar-refractivity contribution is 0.385. The Morgan fingerprint density at radius 2 is 2.00 bits per heavy atom. The first kappa shape index (κ1) is 8.31. The largest absolute Gasteiger partial charge is 0.251 e. The van der Waals surface area contributed by atoms with Crippen molar-refractivity contribution in [3.05, 3.63) is 0 Å². The maximum absolute atomic E-state index is 4.24. The maximum Gasteiger partial charge on any atom is 0.0169 e. The first-order valence-corrected chi connectivity index (χ1v) is 3.57. The van der Waals surface area contributed by atoms with E-state index in [-0.39, 0.29) is 0 Å². The molecule has 0 bridgehead atoms. The second-order valence-corrected chi connectivity index (χ2v) is 2.53. The third kappa shape index (κ3) is 2.58. The van der Waals surface area contributed by atoms with Gasteiger partial charge in [-0.25, -0.2) is 0 Å². The van der Waals surface area contributed by atoms with Gasteiger partial charge in [-0.1, -0.05) is 26.7 Å². The van der Waals surface area contributed by atoms with Crippen molar-refractivity contribution in [1.29, 1.82) is 0 Å². The minimum Gasteiger partial charge on any atom is -0.251 e. The standard InChI is InChI=1S/C6H15NS/c1-4-6(3)7(8)5-2/h6,8H,4-5H2,1-3H3. The molecule has 8 heavy (non-hydrogen) atoms. The molecule has 0 saturated heterocycles. The van der Waals surface area contributed by atoms with Crippen LogP contribution in [0.2, 0.25) is 0 Å². The molecule has 0 aliphatic rings. The van der Waals surface area contributed by atoms with Crippen LogP contribution >= 0.6 is 12.8 Å². The van der Waals surface area contributed by atoms with E-state index >= 15 is 0 Å². The minimum absolute atomic E-state index is 0.614. The Morgan fingerprint density at radius 1 is 1.50 bits per heavy atom. The fourth-order valence-corrected chi connectivity index (χ4v) is 0.686. The van der Waals surface area contributed by atoms with E-state index < -0.39 is 0 Å². The molecule has 0 aromatic heterocycles. The molecule has 0 radical (unpaired) electrons. The zero-order valence-corrected chi connectivity index (χ0v) is 6.78. The Labute approximate surface area is 57.6 Å². The average molecular weight is 133 g/mol. The van der Waals surface area contributed by atoms with Crippen molar-refractivity contribution in [2.24, 2.45) is 0 Å². The SMILES string of the molecule is CCC(C)N(S)CC. The molecule has 0 heterocycles. The Bertz CT molecular complexity index is 48.5. The summed E-state index contributed by atoms with van der Waals surface area (Å²) < 4.78 is 2.04. The molecule has 0 N–H and O–H groups in total. The van der Waals surface area contributed by atoms with E-state index in [0.29, 0.717) is 6.04 Å². The second-order valence-electron chi connectivity index (χ2n) is 2.01. The smallest absolute Gasteiger partial charge is 0.0169 e. The fourth-order valence-electron chi connectivity index (χ4n) is 0.522. The van der Waals surface area contributed by atoms with Gasteiger partial charge >= 0.3 is 0 Å². The third-order valence-corrected chi connectivity index (χ3v) is 2.10. The quantitative estimate of drug-likeness (QED) is 0.576. The van der Waals surface area contributed by atoms with Gasteiger partial charge in [0.25, 0.3) is 0 Å². The van der Waals surface area contributed by atoms with E-state index in [1.807, 2.05) is 4.31 Å². The van der Waals surface area contributed by atoms with Crippen molar-refractivity contribution in [3.63, 3.8) is 0 Å². The highest BCUT2D eigenvalue weighted by molar-refractivity contribution is 7.77. The fraction of sp³-hybridized carbons (Fsp3) is 1.00. The lowest BCUT2D eigenvalue weighted by atomic mass is 10.3. The van der Waals surface area contributed by atoms with Crippen molar-refractivity contribution in [2.45, 2.75) is 33.2 Å². The molecular weight excluding hydrogens is 118 g/mol. The zero-order valence-electron chi connectivity index (χ0n) is 5.89. The highest BCUT2D eigenvalue weighted by Crippen LogP contribution is 2.03. The van der Waals surface area contributed by atoms with E-state index in [9.17, 15) is 0 Å². The van der Waals surface area contributed by atoms with Crippen LogP contribution in [-0.4, -0.2) is 16.9 Å². The molecule has 0 aromatic carbocycles. The number of hydrogen-bond donors (Lipinski definition) is 1. The molecule has 0 aliphatic carbocycles. The van der Waals surface area contributed by atoms with E-state index in [4.69, 9.17) is 0 Å². The number of rotatable bonds is 3. The zero-order chi connectivity index (χ0) is 6.57. The highest BCUT2D eigenvalue weighted by atomic mass is 32.1. The van der Waals surface area contributed by atoms with Gasteiger partial charge in [-0.05, 0) is 13.3 Å². The Balaban J connectivity index is 3.29. The second kappa shape index (κ2) is 4.21. The van der Waals surface area contributed by atoms with Crippen molar-refractivity contribution in [3.8, 4) is 0 Å². The van der Waals surface area contributed by atoms with Crippen molar-refractivity contribution in [1.82, 2.24) is 4.31 Å². The predicted octanol–water partition coefficient (Wildman–Crippen LogP) is 1.95. The van der Waals surface area contributed by atoms with Crippen LogP contribution in [-0.2, 0) is 0 Å². The van der Waals surface area contributed by atoms with Crippen molar-refractivity contribution >= 4 is 12.8 Å². The molecule has 0 fully saturated rings. The summed E-state index contributed by atoms with van der Waals surface area (Å²) in [5.74, 6) is 0. The summed E-state index contributed by atoms with van der Waals surface area (Å²) >= 11 is 4.24. The van der Waals surface area contributed by atoms with Crippen LogP contribution in [0.1, 0.15) is 27.2 Å². The lowest BCUT2D eigenvalue weighted by Gasteiger charge is -2.19. The molecule has 0 aromatic rings. The first-order valence-electron chi connectivity index (χ1n) is 3.17. The van der Waals surface area contributed by atoms with Gasteiger partial charge in [-0.3, -0.25) is 4.31 Å². The van der Waals surface area contributed by atoms with Crippen molar-refractivity contribution in [2.75, 3.05) is 6.54 Å². The van der Waals surface area contributed by atoms with Gasteiger partial charge < -0.3 is 0 Å². The molecule has 1 atom stereocenters. The average Bonchev–Trinajstić information content (AvgIpc) is 1.84. The third-order valence-electron chi connectivity index (χ3n) is 1.42. The molecule has 0 saturated carbocycles. The molecular formula is C6H15NS. The Kier molecular flexibility index (Phi) is 4.38. The van der Waals surface area contributed by atoms with Gasteiger partial charge in [0.05, 0.1) is 0 Å². The topological polar surface area (TPSA) is 3.24 Å². The summed E-state index contributed by atoms with van der Waals surface area (Å²) in [5, 5.41) is 0. The van der Waals surface area contributed by atoms with Crippen LogP contribution in [0.4, 0.5) is 0 Å². The van der Waals surface area contributed by atoms with Crippen LogP contribution < -0.4 is 0 Å². The Hall–Kier alpha value is 0.310. The summed E-state index contributed by atoms with van der Waals surface area (Å²) in [6.45, 7) is 7.48. The normalized spacial score (nSPS) is 14.6. The van der Waals surface area contributed by atoms with Gasteiger partial charge in [0.2, 0.25) is 0 Å². The van der Waals surface area contributed by atoms with E-state index in [0.717, 1.165) is 6.54 Å². The molecule has 2 heteroatoms. The van der Waals surface area contributed by atoms with Gasteiger partial charge in [-0.15, -0.1) is 0 Å². The van der Waals surface area contributed by atoms with E-state index in [2.05, 4.69) is 33.6 Å². The summed E-state index contributed by atoms with van der Waals surface area (Å²) in [5.41, 5.74) is 0. The first-order chi connectivity index (χ1) is 3.72. The van der Waals surface area contributed by atoms with Gasteiger partial charge in [0, 0.05) is 12.6 Å². The lowest BCUT2D eigenvalue weighted by Crippen LogP contribution is -2.22. The Morgan fingerprint density at radius 3 is 2.12 bits per heavy atom.